The van der Waals surface area contributed by atoms with Crippen LogP contribution in [0, 0.1) is 0 Å². The summed E-state index contributed by atoms with van der Waals surface area (Å²) in [6.45, 7) is 0. The van der Waals surface area contributed by atoms with Gasteiger partial charge in [0.25, 0.3) is 5.91 Å². The van der Waals surface area contributed by atoms with E-state index in [0.717, 1.165) is 5.56 Å². The number of hydrogen-bond acceptors (Lipinski definition) is 5. The topological polar surface area (TPSA) is 80.1 Å². The van der Waals surface area contributed by atoms with E-state index in [4.69, 9.17) is 16.4 Å². The second-order valence-electron chi connectivity index (χ2n) is 5.80. The number of hydrogen-bond donors (Lipinski definition) is 1. The molecule has 0 unspecified atom stereocenters. The van der Waals surface area contributed by atoms with Gasteiger partial charge in [-0.05, 0) is 54.1 Å². The predicted octanol–water partition coefficient (Wildman–Crippen LogP) is 5.38. The molecule has 3 aromatic rings. The molecule has 0 aromatic heterocycles. The molecule has 0 aliphatic carbocycles. The van der Waals surface area contributed by atoms with Gasteiger partial charge >= 0.3 is 5.97 Å². The lowest BCUT2D eigenvalue weighted by atomic mass is 10.1. The molecule has 1 N–H and O–H groups in total. The van der Waals surface area contributed by atoms with Crippen molar-refractivity contribution in [2.75, 3.05) is 5.48 Å². The molecule has 28 heavy (non-hydrogen) atoms. The summed E-state index contributed by atoms with van der Waals surface area (Å²) in [6, 6.07) is 22.3. The highest BCUT2D eigenvalue weighted by Crippen LogP contribution is 2.18. The van der Waals surface area contributed by atoms with Gasteiger partial charge in [0.1, 0.15) is 0 Å². The van der Waals surface area contributed by atoms with Crippen molar-refractivity contribution >= 4 is 34.9 Å². The monoisotopic (exact) mass is 393 g/mol. The van der Waals surface area contributed by atoms with Crippen LogP contribution in [0.5, 0.6) is 0 Å². The summed E-state index contributed by atoms with van der Waals surface area (Å²) < 4.78 is 0. The van der Waals surface area contributed by atoms with Crippen LogP contribution in [0.1, 0.15) is 15.9 Å². The lowest BCUT2D eigenvalue weighted by Crippen LogP contribution is -2.10. The van der Waals surface area contributed by atoms with Crippen molar-refractivity contribution < 1.29 is 14.4 Å². The van der Waals surface area contributed by atoms with E-state index in [1.165, 1.54) is 0 Å². The Bertz CT molecular complexity index is 972. The summed E-state index contributed by atoms with van der Waals surface area (Å²) in [6.07, 6.45) is 0.199. The number of nitrogens with zero attached hydrogens (tertiary/aromatic N) is 2. The van der Waals surface area contributed by atoms with Gasteiger partial charge in [0.2, 0.25) is 0 Å². The van der Waals surface area contributed by atoms with Gasteiger partial charge in [0.05, 0.1) is 23.4 Å². The highest BCUT2D eigenvalue weighted by atomic mass is 35.5. The first-order valence-electron chi connectivity index (χ1n) is 8.41. The Kier molecular flexibility index (Phi) is 6.49. The van der Waals surface area contributed by atoms with Gasteiger partial charge in [-0.25, -0.2) is 10.3 Å². The van der Waals surface area contributed by atoms with E-state index in [1.807, 2.05) is 30.3 Å². The number of rotatable bonds is 6. The third-order valence-electron chi connectivity index (χ3n) is 3.68. The fourth-order valence-electron chi connectivity index (χ4n) is 2.27. The molecule has 0 aliphatic rings. The van der Waals surface area contributed by atoms with E-state index >= 15 is 0 Å². The van der Waals surface area contributed by atoms with Crippen molar-refractivity contribution in [2.45, 2.75) is 6.42 Å². The lowest BCUT2D eigenvalue weighted by molar-refractivity contribution is -0.117. The molecule has 0 fully saturated rings. The average molecular weight is 394 g/mol. The zero-order valence-electron chi connectivity index (χ0n) is 14.7. The molecule has 0 spiro atoms. The molecule has 0 aliphatic heterocycles. The zero-order valence-corrected chi connectivity index (χ0v) is 15.5. The average Bonchev–Trinajstić information content (AvgIpc) is 2.72. The standard InChI is InChI=1S/C21H16ClN3O3/c22-17-8-6-16(7-9-17)21(27)28-25-19-12-10-18(11-13-19)23-24-20(26)14-15-4-2-1-3-5-15/h1-13,25H,14H2. The molecule has 0 atom stereocenters. The molecule has 140 valence electrons. The first-order valence-corrected chi connectivity index (χ1v) is 8.79. The summed E-state index contributed by atoms with van der Waals surface area (Å²) >= 11 is 5.78. The Morgan fingerprint density at radius 3 is 2.25 bits per heavy atom. The smallest absolute Gasteiger partial charge is 0.338 e. The maximum Gasteiger partial charge on any atom is 0.362 e. The van der Waals surface area contributed by atoms with Crippen molar-refractivity contribution in [1.82, 2.24) is 0 Å². The van der Waals surface area contributed by atoms with Crippen LogP contribution in [-0.2, 0) is 16.1 Å². The molecule has 3 aromatic carbocycles. The maximum absolute atomic E-state index is 11.9. The Morgan fingerprint density at radius 2 is 1.57 bits per heavy atom. The number of nitrogens with one attached hydrogen (secondary N) is 1. The minimum atomic E-state index is -0.535. The Balaban J connectivity index is 1.51. The van der Waals surface area contributed by atoms with Crippen molar-refractivity contribution in [3.8, 4) is 0 Å². The number of amides is 1. The van der Waals surface area contributed by atoms with Crippen LogP contribution in [0.3, 0.4) is 0 Å². The molecular formula is C21H16ClN3O3. The molecule has 0 heterocycles. The normalized spacial score (nSPS) is 10.6. The van der Waals surface area contributed by atoms with E-state index in [1.54, 1.807) is 48.5 Å². The lowest BCUT2D eigenvalue weighted by Gasteiger charge is -2.06. The summed E-state index contributed by atoms with van der Waals surface area (Å²) in [7, 11) is 0. The molecule has 7 heteroatoms. The number of carbonyl (C=O) groups is 2. The SMILES string of the molecule is O=C(Cc1ccccc1)N=Nc1ccc(NOC(=O)c2ccc(Cl)cc2)cc1. The van der Waals surface area contributed by atoms with Gasteiger partial charge in [0.15, 0.2) is 0 Å². The largest absolute Gasteiger partial charge is 0.362 e. The molecule has 0 bridgehead atoms. The van der Waals surface area contributed by atoms with Crippen LogP contribution in [0.15, 0.2) is 89.1 Å². The number of benzene rings is 3. The van der Waals surface area contributed by atoms with E-state index in [2.05, 4.69) is 15.7 Å². The van der Waals surface area contributed by atoms with Crippen molar-refractivity contribution in [3.05, 3.63) is 95.0 Å². The van der Waals surface area contributed by atoms with E-state index in [-0.39, 0.29) is 12.3 Å². The Morgan fingerprint density at radius 1 is 0.893 bits per heavy atom. The summed E-state index contributed by atoms with van der Waals surface area (Å²) in [5, 5.41) is 8.17. The van der Waals surface area contributed by atoms with Crippen LogP contribution in [0.4, 0.5) is 11.4 Å². The maximum atomic E-state index is 11.9. The number of carbonyl (C=O) groups excluding carboxylic acids is 2. The van der Waals surface area contributed by atoms with Gasteiger partial charge < -0.3 is 4.84 Å². The second kappa shape index (κ2) is 9.43. The van der Waals surface area contributed by atoms with Crippen LogP contribution in [0.25, 0.3) is 0 Å². The first kappa shape index (κ1) is 19.3. The fraction of sp³-hybridized carbons (Fsp3) is 0.0476. The van der Waals surface area contributed by atoms with E-state index in [9.17, 15) is 9.59 Å². The Labute approximate surface area is 166 Å². The third kappa shape index (κ3) is 5.75. The third-order valence-corrected chi connectivity index (χ3v) is 3.94. The molecular weight excluding hydrogens is 378 g/mol. The van der Waals surface area contributed by atoms with E-state index < -0.39 is 5.97 Å². The van der Waals surface area contributed by atoms with Crippen LogP contribution < -0.4 is 5.48 Å². The molecule has 3 rings (SSSR count). The number of anilines is 1. The minimum absolute atomic E-state index is 0.199. The Hall–Kier alpha value is -3.51. The molecule has 6 nitrogen and oxygen atoms in total. The summed E-state index contributed by atoms with van der Waals surface area (Å²) in [5.41, 5.74) is 4.88. The summed E-state index contributed by atoms with van der Waals surface area (Å²) in [5.74, 6) is -0.864. The highest BCUT2D eigenvalue weighted by molar-refractivity contribution is 6.30. The van der Waals surface area contributed by atoms with Gasteiger partial charge in [0, 0.05) is 5.02 Å². The van der Waals surface area contributed by atoms with Gasteiger partial charge in [-0.2, -0.15) is 0 Å². The van der Waals surface area contributed by atoms with Crippen molar-refractivity contribution in [2.24, 2.45) is 10.2 Å². The summed E-state index contributed by atoms with van der Waals surface area (Å²) in [4.78, 5) is 28.8. The molecule has 0 radical (unpaired) electrons. The predicted molar refractivity (Wildman–Crippen MR) is 107 cm³/mol. The van der Waals surface area contributed by atoms with E-state index in [0.29, 0.717) is 22.0 Å². The quantitative estimate of drug-likeness (QED) is 0.450. The molecule has 0 saturated carbocycles. The van der Waals surface area contributed by atoms with Crippen molar-refractivity contribution in [3.63, 3.8) is 0 Å². The zero-order chi connectivity index (χ0) is 19.8. The van der Waals surface area contributed by atoms with Crippen LogP contribution in [-0.4, -0.2) is 11.9 Å². The molecule has 1 amide bonds. The van der Waals surface area contributed by atoms with Crippen LogP contribution >= 0.6 is 11.6 Å². The van der Waals surface area contributed by atoms with Gasteiger partial charge in [-0.1, -0.05) is 41.9 Å². The molecule has 0 saturated heterocycles. The second-order valence-corrected chi connectivity index (χ2v) is 6.24. The minimum Gasteiger partial charge on any atom is -0.338 e. The van der Waals surface area contributed by atoms with Gasteiger partial charge in [-0.3, -0.25) is 4.79 Å². The van der Waals surface area contributed by atoms with Crippen LogP contribution in [0.2, 0.25) is 5.02 Å². The number of halogens is 1. The van der Waals surface area contributed by atoms with Gasteiger partial charge in [-0.15, -0.1) is 10.2 Å². The van der Waals surface area contributed by atoms with Crippen molar-refractivity contribution in [1.29, 1.82) is 0 Å². The number of azo groups is 1. The fourth-order valence-corrected chi connectivity index (χ4v) is 2.39. The highest BCUT2D eigenvalue weighted by Gasteiger charge is 2.07. The first-order chi connectivity index (χ1) is 13.6.